The van der Waals surface area contributed by atoms with Crippen LogP contribution in [0.4, 0.5) is 4.39 Å². The molecule has 2 aromatic carbocycles. The summed E-state index contributed by atoms with van der Waals surface area (Å²) in [6, 6.07) is 12.2. The number of amides is 1. The lowest BCUT2D eigenvalue weighted by Gasteiger charge is -2.27. The van der Waals surface area contributed by atoms with Gasteiger partial charge in [-0.15, -0.1) is 0 Å². The lowest BCUT2D eigenvalue weighted by molar-refractivity contribution is 0.0922. The molecular weight excluding hydrogens is 455 g/mol. The molecule has 0 aliphatic carbocycles. The highest BCUT2D eigenvalue weighted by atomic mass is 35.5. The van der Waals surface area contributed by atoms with Gasteiger partial charge in [-0.05, 0) is 25.0 Å². The predicted molar refractivity (Wildman–Crippen MR) is 129 cm³/mol. The molecule has 2 aromatic heterocycles. The second kappa shape index (κ2) is 8.72. The molecule has 34 heavy (non-hydrogen) atoms. The number of rotatable bonds is 4. The highest BCUT2D eigenvalue weighted by Crippen LogP contribution is 2.36. The molecule has 1 aliphatic rings. The lowest BCUT2D eigenvalue weighted by atomic mass is 9.99. The standard InChI is InChI=1S/C26H24ClFN4O2/c1-14(2)24-18(26(33)30-20-11-12-34-21-10-5-4-7-16(20)21)13-29-25-22(15(3)31-32(24)25)17-8-6-9-19(28)23(17)27/h4-10,13-14,20H,11-12H2,1-3H3,(H,30,33)/t20-/m0/s1. The topological polar surface area (TPSA) is 68.5 Å². The Bertz CT molecular complexity index is 1420. The zero-order valence-electron chi connectivity index (χ0n) is 19.1. The number of hydrogen-bond donors (Lipinski definition) is 1. The summed E-state index contributed by atoms with van der Waals surface area (Å²) in [7, 11) is 0. The molecule has 1 N–H and O–H groups in total. The first kappa shape index (κ1) is 22.3. The Morgan fingerprint density at radius 2 is 2.03 bits per heavy atom. The third kappa shape index (κ3) is 3.70. The average Bonchev–Trinajstić information content (AvgIpc) is 3.15. The first-order valence-corrected chi connectivity index (χ1v) is 11.6. The van der Waals surface area contributed by atoms with Crippen LogP contribution in [0.3, 0.4) is 0 Å². The number of aryl methyl sites for hydroxylation is 1. The zero-order valence-corrected chi connectivity index (χ0v) is 19.9. The summed E-state index contributed by atoms with van der Waals surface area (Å²) in [5.41, 5.74) is 4.49. The van der Waals surface area contributed by atoms with Crippen molar-refractivity contribution in [3.05, 3.63) is 82.0 Å². The summed E-state index contributed by atoms with van der Waals surface area (Å²) < 4.78 is 21.6. The second-order valence-corrected chi connectivity index (χ2v) is 9.09. The van der Waals surface area contributed by atoms with Crippen LogP contribution < -0.4 is 10.1 Å². The first-order valence-electron chi connectivity index (χ1n) is 11.2. The third-order valence-electron chi connectivity index (χ3n) is 6.13. The predicted octanol–water partition coefficient (Wildman–Crippen LogP) is 5.87. The molecule has 6 nitrogen and oxygen atoms in total. The van der Waals surface area contributed by atoms with Crippen LogP contribution in [-0.2, 0) is 0 Å². The molecule has 0 unspecified atom stereocenters. The molecule has 5 rings (SSSR count). The van der Waals surface area contributed by atoms with Crippen LogP contribution in [0, 0.1) is 12.7 Å². The van der Waals surface area contributed by atoms with Gasteiger partial charge in [0.1, 0.15) is 11.6 Å². The number of ether oxygens (including phenoxy) is 1. The van der Waals surface area contributed by atoms with E-state index in [-0.39, 0.29) is 22.9 Å². The molecule has 0 radical (unpaired) electrons. The highest BCUT2D eigenvalue weighted by Gasteiger charge is 2.27. The SMILES string of the molecule is Cc1nn2c(C(C)C)c(C(=O)N[C@H]3CCOc4ccccc43)cnc2c1-c1cccc(F)c1Cl. The normalized spacial score (nSPS) is 15.3. The molecule has 0 saturated carbocycles. The third-order valence-corrected chi connectivity index (χ3v) is 6.52. The van der Waals surface area contributed by atoms with Crippen molar-refractivity contribution >= 4 is 23.2 Å². The van der Waals surface area contributed by atoms with Crippen LogP contribution in [0.1, 0.15) is 59.5 Å². The molecule has 1 atom stereocenters. The summed E-state index contributed by atoms with van der Waals surface area (Å²) in [5, 5.41) is 7.85. The van der Waals surface area contributed by atoms with Crippen molar-refractivity contribution in [3.8, 4) is 16.9 Å². The van der Waals surface area contributed by atoms with E-state index >= 15 is 0 Å². The van der Waals surface area contributed by atoms with Crippen LogP contribution in [-0.4, -0.2) is 27.1 Å². The summed E-state index contributed by atoms with van der Waals surface area (Å²) in [6.45, 7) is 6.36. The number of benzene rings is 2. The lowest BCUT2D eigenvalue weighted by Crippen LogP contribution is -2.33. The van der Waals surface area contributed by atoms with E-state index in [4.69, 9.17) is 16.3 Å². The number of fused-ring (bicyclic) bond motifs is 2. The van der Waals surface area contributed by atoms with Crippen molar-refractivity contribution in [1.82, 2.24) is 19.9 Å². The summed E-state index contributed by atoms with van der Waals surface area (Å²) in [4.78, 5) is 18.0. The van der Waals surface area contributed by atoms with Gasteiger partial charge in [0.15, 0.2) is 5.65 Å². The summed E-state index contributed by atoms with van der Waals surface area (Å²) in [5.74, 6) is 0.0346. The minimum absolute atomic E-state index is 0.0217. The van der Waals surface area contributed by atoms with Gasteiger partial charge in [0.2, 0.25) is 0 Å². The smallest absolute Gasteiger partial charge is 0.255 e. The monoisotopic (exact) mass is 478 g/mol. The van der Waals surface area contributed by atoms with E-state index in [0.717, 1.165) is 17.0 Å². The second-order valence-electron chi connectivity index (χ2n) is 8.71. The van der Waals surface area contributed by atoms with E-state index in [1.54, 1.807) is 22.8 Å². The van der Waals surface area contributed by atoms with Crippen LogP contribution >= 0.6 is 11.6 Å². The number of aromatic nitrogens is 3. The Kier molecular flexibility index (Phi) is 5.73. The van der Waals surface area contributed by atoms with Gasteiger partial charge in [-0.2, -0.15) is 5.10 Å². The minimum Gasteiger partial charge on any atom is -0.493 e. The fourth-order valence-electron chi connectivity index (χ4n) is 4.58. The van der Waals surface area contributed by atoms with Gasteiger partial charge in [-0.25, -0.2) is 13.9 Å². The van der Waals surface area contributed by atoms with Gasteiger partial charge >= 0.3 is 0 Å². The Hall–Kier alpha value is -3.45. The maximum atomic E-state index is 14.2. The van der Waals surface area contributed by atoms with Gasteiger partial charge in [0.05, 0.1) is 40.2 Å². The maximum Gasteiger partial charge on any atom is 0.255 e. The first-order chi connectivity index (χ1) is 16.4. The van der Waals surface area contributed by atoms with E-state index in [2.05, 4.69) is 15.4 Å². The summed E-state index contributed by atoms with van der Waals surface area (Å²) in [6.07, 6.45) is 2.25. The zero-order chi connectivity index (χ0) is 24.0. The Morgan fingerprint density at radius 3 is 2.82 bits per heavy atom. The maximum absolute atomic E-state index is 14.2. The van der Waals surface area contributed by atoms with E-state index in [9.17, 15) is 9.18 Å². The minimum atomic E-state index is -0.505. The Morgan fingerprint density at radius 1 is 1.24 bits per heavy atom. The molecule has 174 valence electrons. The Labute approximate surface area is 201 Å². The molecule has 4 aromatic rings. The fraction of sp³-hybridized carbons (Fsp3) is 0.269. The number of nitrogens with one attached hydrogen (secondary N) is 1. The number of carbonyl (C=O) groups is 1. The summed E-state index contributed by atoms with van der Waals surface area (Å²) >= 11 is 6.28. The highest BCUT2D eigenvalue weighted by molar-refractivity contribution is 6.33. The van der Waals surface area contributed by atoms with Crippen molar-refractivity contribution in [1.29, 1.82) is 0 Å². The van der Waals surface area contributed by atoms with Crippen molar-refractivity contribution in [2.24, 2.45) is 0 Å². The number of halogens is 2. The van der Waals surface area contributed by atoms with E-state index in [0.29, 0.717) is 41.1 Å². The molecule has 0 saturated heterocycles. The molecule has 3 heterocycles. The molecular formula is C26H24ClFN4O2. The van der Waals surface area contributed by atoms with Gasteiger partial charge in [-0.3, -0.25) is 4.79 Å². The largest absolute Gasteiger partial charge is 0.493 e. The Balaban J connectivity index is 1.59. The number of hydrogen-bond acceptors (Lipinski definition) is 4. The van der Waals surface area contributed by atoms with Crippen molar-refractivity contribution < 1.29 is 13.9 Å². The van der Waals surface area contributed by atoms with E-state index in [1.165, 1.54) is 6.07 Å². The molecule has 0 bridgehead atoms. The van der Waals surface area contributed by atoms with Gasteiger partial charge in [0.25, 0.3) is 5.91 Å². The van der Waals surface area contributed by atoms with Gasteiger partial charge in [0, 0.05) is 23.7 Å². The van der Waals surface area contributed by atoms with E-state index in [1.807, 2.05) is 45.0 Å². The molecule has 1 aliphatic heterocycles. The number of nitrogens with zero attached hydrogens (tertiary/aromatic N) is 3. The fourth-order valence-corrected chi connectivity index (χ4v) is 4.80. The van der Waals surface area contributed by atoms with Crippen molar-refractivity contribution in [3.63, 3.8) is 0 Å². The number of para-hydroxylation sites is 1. The quantitative estimate of drug-likeness (QED) is 0.398. The molecule has 1 amide bonds. The van der Waals surface area contributed by atoms with Crippen molar-refractivity contribution in [2.75, 3.05) is 6.61 Å². The van der Waals surface area contributed by atoms with Crippen molar-refractivity contribution in [2.45, 2.75) is 39.2 Å². The number of carbonyl (C=O) groups excluding carboxylic acids is 1. The van der Waals surface area contributed by atoms with Gasteiger partial charge in [-0.1, -0.05) is 55.8 Å². The van der Waals surface area contributed by atoms with Crippen LogP contribution in [0.25, 0.3) is 16.8 Å². The average molecular weight is 479 g/mol. The molecule has 0 fully saturated rings. The molecule has 0 spiro atoms. The van der Waals surface area contributed by atoms with Crippen LogP contribution in [0.2, 0.25) is 5.02 Å². The van der Waals surface area contributed by atoms with Crippen LogP contribution in [0.5, 0.6) is 5.75 Å². The van der Waals surface area contributed by atoms with Crippen LogP contribution in [0.15, 0.2) is 48.7 Å². The molecule has 8 heteroatoms. The van der Waals surface area contributed by atoms with E-state index < -0.39 is 5.82 Å². The van der Waals surface area contributed by atoms with Gasteiger partial charge < -0.3 is 10.1 Å².